The molecule has 0 bridgehead atoms. The Morgan fingerprint density at radius 1 is 0.654 bits per heavy atom. The highest BCUT2D eigenvalue weighted by Crippen LogP contribution is 2.45. The summed E-state index contributed by atoms with van der Waals surface area (Å²) in [4.78, 5) is 41.6. The summed E-state index contributed by atoms with van der Waals surface area (Å²) in [7, 11) is 0. The standard InChI is InChI=1S/C40H42N6O6/c41-46-44-22-24-50-23-21-42-38(47)37(45-40(49)52-26-36-33-17-7-3-13-29(33)30-14-4-8-18-34(30)36)19-9-10-20-43-39(48)51-25-35-31-15-5-1-11-27(31)28-12-2-6-16-32(28)35/h1-8,11-18,35-37H,9-10,19-26H2,(H,42,47)(H,43,48)(H,45,49)/t37-/m0/s1. The van der Waals surface area contributed by atoms with Gasteiger partial charge in [-0.3, -0.25) is 4.79 Å². The Balaban J connectivity index is 0.973. The van der Waals surface area contributed by atoms with E-state index in [1.807, 2.05) is 60.7 Å². The predicted molar refractivity (Wildman–Crippen MR) is 197 cm³/mol. The van der Waals surface area contributed by atoms with Gasteiger partial charge in [-0.2, -0.15) is 0 Å². The second-order valence-electron chi connectivity index (χ2n) is 12.6. The number of nitrogens with one attached hydrogen (secondary N) is 3. The van der Waals surface area contributed by atoms with Gasteiger partial charge in [-0.05, 0) is 69.3 Å². The highest BCUT2D eigenvalue weighted by molar-refractivity contribution is 5.86. The van der Waals surface area contributed by atoms with Gasteiger partial charge >= 0.3 is 12.2 Å². The molecule has 0 unspecified atom stereocenters. The zero-order chi connectivity index (χ0) is 36.1. The Bertz CT molecular complexity index is 1840. The summed E-state index contributed by atoms with van der Waals surface area (Å²) in [6, 6.07) is 31.6. The van der Waals surface area contributed by atoms with Gasteiger partial charge in [-0.15, -0.1) is 0 Å². The van der Waals surface area contributed by atoms with E-state index in [4.69, 9.17) is 19.7 Å². The molecule has 0 aromatic heterocycles. The molecule has 4 aromatic rings. The van der Waals surface area contributed by atoms with E-state index < -0.39 is 18.2 Å². The largest absolute Gasteiger partial charge is 0.449 e. The van der Waals surface area contributed by atoms with Crippen LogP contribution in [-0.2, 0) is 19.0 Å². The molecule has 1 atom stereocenters. The maximum absolute atomic E-state index is 13.2. The van der Waals surface area contributed by atoms with Crippen LogP contribution in [0.3, 0.4) is 0 Å². The SMILES string of the molecule is [N-]=[N+]=NCCOCCNC(=O)[C@H](CCCCNC(=O)OCC1c2ccccc2-c2ccccc21)NC(=O)OCC1c2ccccc2-c2ccccc21. The highest BCUT2D eigenvalue weighted by atomic mass is 16.6. The number of carbonyl (C=O) groups is 3. The van der Waals surface area contributed by atoms with Crippen LogP contribution in [-0.4, -0.2) is 70.2 Å². The van der Waals surface area contributed by atoms with Gasteiger partial charge in [-0.1, -0.05) is 102 Å². The molecule has 0 saturated carbocycles. The maximum Gasteiger partial charge on any atom is 0.407 e. The molecule has 12 nitrogen and oxygen atoms in total. The molecular formula is C40H42N6O6. The summed E-state index contributed by atoms with van der Waals surface area (Å²) in [6.07, 6.45) is 0.217. The van der Waals surface area contributed by atoms with Gasteiger partial charge in [0, 0.05) is 36.4 Å². The third-order valence-corrected chi connectivity index (χ3v) is 9.43. The molecule has 3 amide bonds. The first-order valence-electron chi connectivity index (χ1n) is 17.6. The molecule has 12 heteroatoms. The third kappa shape index (κ3) is 8.71. The van der Waals surface area contributed by atoms with Crippen molar-refractivity contribution in [3.63, 3.8) is 0 Å². The van der Waals surface area contributed by atoms with Crippen molar-refractivity contribution in [1.82, 2.24) is 16.0 Å². The Morgan fingerprint density at radius 3 is 1.67 bits per heavy atom. The summed E-state index contributed by atoms with van der Waals surface area (Å²) >= 11 is 0. The number of ether oxygens (including phenoxy) is 3. The van der Waals surface area contributed by atoms with Gasteiger partial charge in [-0.25, -0.2) is 9.59 Å². The van der Waals surface area contributed by atoms with Crippen molar-refractivity contribution < 1.29 is 28.6 Å². The molecule has 0 aliphatic heterocycles. The van der Waals surface area contributed by atoms with Crippen LogP contribution in [0.5, 0.6) is 0 Å². The van der Waals surface area contributed by atoms with Crippen molar-refractivity contribution in [1.29, 1.82) is 0 Å². The lowest BCUT2D eigenvalue weighted by atomic mass is 9.98. The fourth-order valence-corrected chi connectivity index (χ4v) is 6.99. The first-order chi connectivity index (χ1) is 25.5. The number of hydrogen-bond donors (Lipinski definition) is 3. The smallest absolute Gasteiger partial charge is 0.407 e. The highest BCUT2D eigenvalue weighted by Gasteiger charge is 2.31. The van der Waals surface area contributed by atoms with Gasteiger partial charge in [0.1, 0.15) is 19.3 Å². The molecule has 4 aromatic carbocycles. The van der Waals surface area contributed by atoms with Crippen LogP contribution in [0.25, 0.3) is 32.7 Å². The Labute approximate surface area is 302 Å². The Morgan fingerprint density at radius 2 is 1.15 bits per heavy atom. The minimum Gasteiger partial charge on any atom is -0.449 e. The van der Waals surface area contributed by atoms with Crippen LogP contribution in [0.15, 0.2) is 102 Å². The quantitative estimate of drug-likeness (QED) is 0.0462. The number of hydrogen-bond acceptors (Lipinski definition) is 7. The average molecular weight is 703 g/mol. The molecule has 3 N–H and O–H groups in total. The molecule has 52 heavy (non-hydrogen) atoms. The predicted octanol–water partition coefficient (Wildman–Crippen LogP) is 7.05. The number of amides is 3. The average Bonchev–Trinajstić information content (AvgIpc) is 3.67. The van der Waals surface area contributed by atoms with Crippen molar-refractivity contribution in [3.8, 4) is 22.3 Å². The molecule has 268 valence electrons. The van der Waals surface area contributed by atoms with E-state index in [2.05, 4.69) is 62.4 Å². The Kier molecular flexibility index (Phi) is 12.4. The minimum atomic E-state index is -0.867. The summed E-state index contributed by atoms with van der Waals surface area (Å²) in [5.74, 6) is -0.522. The Hall–Kier alpha value is -5.84. The van der Waals surface area contributed by atoms with Crippen LogP contribution in [0, 0.1) is 0 Å². The molecule has 0 saturated heterocycles. The lowest BCUT2D eigenvalue weighted by molar-refractivity contribution is -0.123. The third-order valence-electron chi connectivity index (χ3n) is 9.43. The van der Waals surface area contributed by atoms with Crippen LogP contribution in [0.2, 0.25) is 0 Å². The van der Waals surface area contributed by atoms with Crippen LogP contribution in [0.4, 0.5) is 9.59 Å². The second-order valence-corrected chi connectivity index (χ2v) is 12.6. The van der Waals surface area contributed by atoms with Gasteiger partial charge in [0.05, 0.1) is 13.2 Å². The van der Waals surface area contributed by atoms with Gasteiger partial charge in [0.25, 0.3) is 0 Å². The number of alkyl carbamates (subject to hydrolysis) is 2. The lowest BCUT2D eigenvalue weighted by Crippen LogP contribution is -2.47. The lowest BCUT2D eigenvalue weighted by Gasteiger charge is -2.20. The van der Waals surface area contributed by atoms with Crippen molar-refractivity contribution in [3.05, 3.63) is 130 Å². The van der Waals surface area contributed by atoms with E-state index in [1.54, 1.807) is 0 Å². The molecular weight excluding hydrogens is 660 g/mol. The maximum atomic E-state index is 13.2. The number of unbranched alkanes of at least 4 members (excludes halogenated alkanes) is 1. The summed E-state index contributed by atoms with van der Waals surface area (Å²) < 4.78 is 16.7. The monoisotopic (exact) mass is 702 g/mol. The molecule has 2 aliphatic carbocycles. The zero-order valence-electron chi connectivity index (χ0n) is 28.8. The molecule has 0 fully saturated rings. The minimum absolute atomic E-state index is 0.0298. The fraction of sp³-hybridized carbons (Fsp3) is 0.325. The number of fused-ring (bicyclic) bond motifs is 6. The van der Waals surface area contributed by atoms with E-state index in [0.29, 0.717) is 25.8 Å². The van der Waals surface area contributed by atoms with E-state index in [1.165, 1.54) is 0 Å². The molecule has 0 heterocycles. The van der Waals surface area contributed by atoms with Gasteiger partial charge in [0.2, 0.25) is 5.91 Å². The van der Waals surface area contributed by atoms with E-state index in [0.717, 1.165) is 44.5 Å². The van der Waals surface area contributed by atoms with Crippen molar-refractivity contribution in [2.24, 2.45) is 5.11 Å². The fourth-order valence-electron chi connectivity index (χ4n) is 6.99. The summed E-state index contributed by atoms with van der Waals surface area (Å²) in [6.45, 7) is 1.54. The van der Waals surface area contributed by atoms with E-state index in [9.17, 15) is 14.4 Å². The van der Waals surface area contributed by atoms with Crippen molar-refractivity contribution in [2.75, 3.05) is 46.1 Å². The van der Waals surface area contributed by atoms with Crippen LogP contribution in [0.1, 0.15) is 53.4 Å². The molecule has 0 radical (unpaired) electrons. The van der Waals surface area contributed by atoms with Gasteiger partial charge in [0.15, 0.2) is 0 Å². The molecule has 2 aliphatic rings. The van der Waals surface area contributed by atoms with Gasteiger partial charge < -0.3 is 30.2 Å². The topological polar surface area (TPSA) is 164 Å². The second kappa shape index (κ2) is 17.9. The summed E-state index contributed by atoms with van der Waals surface area (Å²) in [5, 5.41) is 11.8. The number of azide groups is 1. The number of carbonyl (C=O) groups excluding carboxylic acids is 3. The van der Waals surface area contributed by atoms with E-state index >= 15 is 0 Å². The first-order valence-corrected chi connectivity index (χ1v) is 17.6. The molecule has 6 rings (SSSR count). The first kappa shape index (κ1) is 36.0. The number of rotatable bonds is 17. The van der Waals surface area contributed by atoms with Crippen molar-refractivity contribution >= 4 is 18.1 Å². The van der Waals surface area contributed by atoms with E-state index in [-0.39, 0.29) is 57.3 Å². The normalized spacial score (nSPS) is 13.1. The van der Waals surface area contributed by atoms with Crippen LogP contribution < -0.4 is 16.0 Å². The number of benzene rings is 4. The zero-order valence-corrected chi connectivity index (χ0v) is 28.8. The summed E-state index contributed by atoms with van der Waals surface area (Å²) in [5.41, 5.74) is 17.4. The molecule has 0 spiro atoms. The van der Waals surface area contributed by atoms with Crippen LogP contribution >= 0.6 is 0 Å². The number of nitrogens with zero attached hydrogens (tertiary/aromatic N) is 3. The van der Waals surface area contributed by atoms with Crippen molar-refractivity contribution in [2.45, 2.75) is 37.1 Å².